The molecule has 2 aromatic carbocycles. The van der Waals surface area contributed by atoms with E-state index in [1.165, 1.54) is 4.90 Å². The summed E-state index contributed by atoms with van der Waals surface area (Å²) in [4.78, 5) is 30.2. The van der Waals surface area contributed by atoms with Crippen LogP contribution in [0.2, 0.25) is 0 Å². The Morgan fingerprint density at radius 1 is 1.19 bits per heavy atom. The number of hydrogen-bond donors (Lipinski definition) is 2. The van der Waals surface area contributed by atoms with Crippen molar-refractivity contribution in [3.8, 4) is 17.2 Å². The Bertz CT molecular complexity index is 1080. The fourth-order valence-electron chi connectivity index (χ4n) is 3.66. The minimum atomic E-state index is -1.01. The number of hydrogen-bond acceptors (Lipinski definition) is 6. The van der Waals surface area contributed by atoms with Crippen molar-refractivity contribution in [1.29, 1.82) is 0 Å². The summed E-state index contributed by atoms with van der Waals surface area (Å²) in [6.45, 7) is 3.47. The number of ether oxygens (including phenoxy) is 1. The zero-order valence-corrected chi connectivity index (χ0v) is 17.8. The summed E-state index contributed by atoms with van der Waals surface area (Å²) in [6.07, 6.45) is 0.587. The number of carbonyl (C=O) groups is 2. The maximum absolute atomic E-state index is 12.8. The summed E-state index contributed by atoms with van der Waals surface area (Å²) in [6, 6.07) is 15.6. The van der Waals surface area contributed by atoms with Crippen LogP contribution in [-0.4, -0.2) is 59.1 Å². The van der Waals surface area contributed by atoms with E-state index >= 15 is 0 Å². The van der Waals surface area contributed by atoms with Gasteiger partial charge in [0.05, 0.1) is 12.3 Å². The molecule has 8 nitrogen and oxygen atoms in total. The van der Waals surface area contributed by atoms with Gasteiger partial charge in [0.1, 0.15) is 17.6 Å². The van der Waals surface area contributed by atoms with Gasteiger partial charge in [-0.3, -0.25) is 4.79 Å². The Morgan fingerprint density at radius 2 is 1.94 bits per heavy atom. The van der Waals surface area contributed by atoms with E-state index in [2.05, 4.69) is 10.3 Å². The highest BCUT2D eigenvalue weighted by atomic mass is 16.5. The van der Waals surface area contributed by atoms with Gasteiger partial charge < -0.3 is 24.5 Å². The van der Waals surface area contributed by atoms with Crippen molar-refractivity contribution in [2.24, 2.45) is 0 Å². The second-order valence-corrected chi connectivity index (χ2v) is 7.57. The maximum Gasteiger partial charge on any atom is 0.327 e. The highest BCUT2D eigenvalue weighted by molar-refractivity contribution is 5.97. The molecule has 1 fully saturated rings. The number of benzene rings is 2. The Labute approximate surface area is 185 Å². The van der Waals surface area contributed by atoms with Crippen molar-refractivity contribution in [3.05, 3.63) is 71.6 Å². The number of carboxylic acid groups (broad SMARTS) is 1. The number of carbonyl (C=O) groups excluding carboxylic acids is 1. The molecule has 1 aliphatic rings. The van der Waals surface area contributed by atoms with Gasteiger partial charge in [-0.05, 0) is 43.3 Å². The number of rotatable bonds is 7. The van der Waals surface area contributed by atoms with Crippen LogP contribution < -0.4 is 10.1 Å². The number of aliphatic carboxylic acids is 1. The lowest BCUT2D eigenvalue weighted by molar-refractivity contribution is -0.142. The molecule has 1 aliphatic heterocycles. The van der Waals surface area contributed by atoms with Gasteiger partial charge in [-0.15, -0.1) is 0 Å². The molecule has 8 heteroatoms. The average molecular weight is 435 g/mol. The van der Waals surface area contributed by atoms with Gasteiger partial charge in [0.15, 0.2) is 0 Å². The molecule has 2 heterocycles. The predicted molar refractivity (Wildman–Crippen MR) is 118 cm³/mol. The van der Waals surface area contributed by atoms with Crippen molar-refractivity contribution in [3.63, 3.8) is 0 Å². The average Bonchev–Trinajstić information content (AvgIpc) is 3.20. The zero-order chi connectivity index (χ0) is 22.5. The first-order valence-corrected chi connectivity index (χ1v) is 10.5. The molecule has 1 unspecified atom stereocenters. The second-order valence-electron chi connectivity index (χ2n) is 7.57. The number of carboxylic acids is 1. The van der Waals surface area contributed by atoms with E-state index < -0.39 is 12.0 Å². The van der Waals surface area contributed by atoms with E-state index in [0.717, 1.165) is 17.0 Å². The van der Waals surface area contributed by atoms with E-state index in [9.17, 15) is 14.7 Å². The van der Waals surface area contributed by atoms with Crippen LogP contribution in [0.1, 0.15) is 21.8 Å². The van der Waals surface area contributed by atoms with Crippen molar-refractivity contribution in [1.82, 2.24) is 15.2 Å². The second kappa shape index (κ2) is 9.65. The summed E-state index contributed by atoms with van der Waals surface area (Å²) in [5, 5.41) is 12.4. The molecule has 1 aromatic heterocycles. The fraction of sp³-hybridized carbons (Fsp3) is 0.292. The normalized spacial score (nSPS) is 16.0. The number of aromatic nitrogens is 1. The molecule has 32 heavy (non-hydrogen) atoms. The Balaban J connectivity index is 1.34. The number of oxazole rings is 1. The first-order chi connectivity index (χ1) is 15.5. The lowest BCUT2D eigenvalue weighted by atomic mass is 10.1. The molecular formula is C24H25N3O5. The van der Waals surface area contributed by atoms with Crippen molar-refractivity contribution in [2.45, 2.75) is 19.4 Å². The maximum atomic E-state index is 12.8. The van der Waals surface area contributed by atoms with Gasteiger partial charge in [0, 0.05) is 37.2 Å². The lowest BCUT2D eigenvalue weighted by Gasteiger charge is -2.33. The monoisotopic (exact) mass is 435 g/mol. The molecule has 0 radical (unpaired) electrons. The summed E-state index contributed by atoms with van der Waals surface area (Å²) < 4.78 is 11.6. The van der Waals surface area contributed by atoms with Gasteiger partial charge in [-0.2, -0.15) is 0 Å². The summed E-state index contributed by atoms with van der Waals surface area (Å²) in [7, 11) is 0. The molecule has 0 aliphatic carbocycles. The van der Waals surface area contributed by atoms with Crippen LogP contribution in [0.3, 0.4) is 0 Å². The molecular weight excluding hydrogens is 410 g/mol. The highest BCUT2D eigenvalue weighted by Gasteiger charge is 2.32. The third-order valence-electron chi connectivity index (χ3n) is 5.41. The van der Waals surface area contributed by atoms with Crippen molar-refractivity contribution < 1.29 is 23.8 Å². The van der Waals surface area contributed by atoms with Crippen LogP contribution in [0.25, 0.3) is 11.5 Å². The quantitative estimate of drug-likeness (QED) is 0.588. The Hall–Kier alpha value is -3.65. The van der Waals surface area contributed by atoms with Gasteiger partial charge in [0.25, 0.3) is 5.91 Å². The van der Waals surface area contributed by atoms with Crippen LogP contribution in [0, 0.1) is 6.92 Å². The third kappa shape index (κ3) is 4.81. The number of nitrogens with one attached hydrogen (secondary N) is 1. The third-order valence-corrected chi connectivity index (χ3v) is 5.41. The molecule has 1 atom stereocenters. The number of amides is 1. The standard InChI is InChI=1S/C24H25N3O5/c1-16-20(26-22(32-16)17-5-3-2-4-6-17)11-14-31-19-9-7-18(8-10-19)23(28)27-13-12-25-15-21(27)24(29)30/h2-10,21,25H,11-15H2,1H3,(H,29,30). The Morgan fingerprint density at radius 3 is 2.66 bits per heavy atom. The summed E-state index contributed by atoms with van der Waals surface area (Å²) in [5.41, 5.74) is 2.21. The van der Waals surface area contributed by atoms with Crippen LogP contribution in [0.5, 0.6) is 5.75 Å². The zero-order valence-electron chi connectivity index (χ0n) is 17.8. The molecule has 2 N–H and O–H groups in total. The SMILES string of the molecule is Cc1oc(-c2ccccc2)nc1CCOc1ccc(C(=O)N2CCNCC2C(=O)O)cc1. The fourth-order valence-corrected chi connectivity index (χ4v) is 3.66. The van der Waals surface area contributed by atoms with Crippen molar-refractivity contribution >= 4 is 11.9 Å². The van der Waals surface area contributed by atoms with E-state index in [1.807, 2.05) is 37.3 Å². The van der Waals surface area contributed by atoms with Gasteiger partial charge in [-0.25, -0.2) is 9.78 Å². The Kier molecular flexibility index (Phi) is 6.51. The molecule has 3 aromatic rings. The van der Waals surface area contributed by atoms with Gasteiger partial charge in [-0.1, -0.05) is 18.2 Å². The minimum absolute atomic E-state index is 0.246. The topological polar surface area (TPSA) is 105 Å². The lowest BCUT2D eigenvalue weighted by Crippen LogP contribution is -2.56. The minimum Gasteiger partial charge on any atom is -0.493 e. The smallest absolute Gasteiger partial charge is 0.327 e. The first-order valence-electron chi connectivity index (χ1n) is 10.5. The summed E-state index contributed by atoms with van der Waals surface area (Å²) in [5.74, 6) is 0.674. The van der Waals surface area contributed by atoms with Crippen LogP contribution in [-0.2, 0) is 11.2 Å². The van der Waals surface area contributed by atoms with E-state index in [0.29, 0.717) is 43.3 Å². The van der Waals surface area contributed by atoms with Gasteiger partial charge >= 0.3 is 5.97 Å². The predicted octanol–water partition coefficient (Wildman–Crippen LogP) is 2.77. The largest absolute Gasteiger partial charge is 0.493 e. The van der Waals surface area contributed by atoms with E-state index in [1.54, 1.807) is 24.3 Å². The summed E-state index contributed by atoms with van der Waals surface area (Å²) >= 11 is 0. The number of aryl methyl sites for hydroxylation is 1. The molecule has 0 saturated carbocycles. The van der Waals surface area contributed by atoms with Gasteiger partial charge in [0.2, 0.25) is 5.89 Å². The molecule has 1 amide bonds. The molecule has 1 saturated heterocycles. The molecule has 0 spiro atoms. The van der Waals surface area contributed by atoms with Crippen LogP contribution in [0.15, 0.2) is 59.0 Å². The van der Waals surface area contributed by atoms with E-state index in [4.69, 9.17) is 9.15 Å². The van der Waals surface area contributed by atoms with E-state index in [-0.39, 0.29) is 12.5 Å². The van der Waals surface area contributed by atoms with Crippen molar-refractivity contribution in [2.75, 3.05) is 26.2 Å². The number of nitrogens with zero attached hydrogens (tertiary/aromatic N) is 2. The molecule has 0 bridgehead atoms. The first kappa shape index (κ1) is 21.6. The molecule has 166 valence electrons. The number of piperazine rings is 1. The van der Waals surface area contributed by atoms with Crippen LogP contribution in [0.4, 0.5) is 0 Å². The molecule has 4 rings (SSSR count). The van der Waals surface area contributed by atoms with Crippen LogP contribution >= 0.6 is 0 Å². The highest BCUT2D eigenvalue weighted by Crippen LogP contribution is 2.22.